The van der Waals surface area contributed by atoms with E-state index in [1.54, 1.807) is 10.9 Å². The van der Waals surface area contributed by atoms with Crippen LogP contribution in [-0.4, -0.2) is 27.8 Å². The van der Waals surface area contributed by atoms with Gasteiger partial charge in [-0.1, -0.05) is 17.3 Å². The highest BCUT2D eigenvalue weighted by molar-refractivity contribution is 6.30. The molecule has 0 saturated heterocycles. The molecule has 5 heteroatoms. The van der Waals surface area contributed by atoms with Crippen LogP contribution in [-0.2, 0) is 0 Å². The van der Waals surface area contributed by atoms with Crippen molar-refractivity contribution >= 4 is 24.5 Å². The first-order valence-electron chi connectivity index (χ1n) is 5.08. The van der Waals surface area contributed by atoms with Gasteiger partial charge in [-0.05, 0) is 29.9 Å². The van der Waals surface area contributed by atoms with Gasteiger partial charge in [-0.3, -0.25) is 4.98 Å². The zero-order chi connectivity index (χ0) is 11.0. The van der Waals surface area contributed by atoms with Gasteiger partial charge in [-0.25, -0.2) is 4.68 Å². The summed E-state index contributed by atoms with van der Waals surface area (Å²) in [5, 5.41) is 8.22. The number of nitrogens with zero attached hydrogens (tertiary/aromatic N) is 4. The van der Waals surface area contributed by atoms with Gasteiger partial charge in [0.05, 0.1) is 17.4 Å². The van der Waals surface area contributed by atoms with E-state index in [1.807, 2.05) is 44.2 Å². The van der Waals surface area contributed by atoms with E-state index in [1.165, 1.54) is 0 Å². The summed E-state index contributed by atoms with van der Waals surface area (Å²) in [5.41, 5.74) is 3.81. The van der Waals surface area contributed by atoms with E-state index in [4.69, 9.17) is 0 Å². The summed E-state index contributed by atoms with van der Waals surface area (Å²) in [5.74, 6) is 0. The molecule has 3 aromatic rings. The highest BCUT2D eigenvalue weighted by atomic mass is 15.4. The topological polar surface area (TPSA) is 43.6 Å². The Morgan fingerprint density at radius 1 is 1.06 bits per heavy atom. The monoisotopic (exact) mass is 208 g/mol. The zero-order valence-electron chi connectivity index (χ0n) is 8.83. The molecule has 16 heavy (non-hydrogen) atoms. The lowest BCUT2D eigenvalue weighted by atomic mass is 10.0. The third-order valence-corrected chi connectivity index (χ3v) is 2.49. The number of benzene rings is 1. The fourth-order valence-electron chi connectivity index (χ4n) is 1.64. The Hall–Kier alpha value is -2.17. The summed E-state index contributed by atoms with van der Waals surface area (Å²) in [4.78, 5) is 4.25. The standard InChI is InChI=1S/C11H9BN4/c12-11-6-5-8(7-13-11)16-10-4-2-1-3-9(10)14-15-16/h1-7H,12H2. The van der Waals surface area contributed by atoms with Crippen molar-refractivity contribution in [3.63, 3.8) is 0 Å². The molecule has 2 aromatic heterocycles. The number of para-hydroxylation sites is 1. The van der Waals surface area contributed by atoms with Crippen molar-refractivity contribution in [1.82, 2.24) is 20.0 Å². The molecule has 0 radical (unpaired) electrons. The lowest BCUT2D eigenvalue weighted by Crippen LogP contribution is -2.08. The summed E-state index contributed by atoms with van der Waals surface area (Å²) in [6, 6.07) is 11.8. The van der Waals surface area contributed by atoms with Crippen molar-refractivity contribution in [3.8, 4) is 5.69 Å². The molecule has 0 unspecified atom stereocenters. The van der Waals surface area contributed by atoms with Crippen LogP contribution < -0.4 is 5.59 Å². The summed E-state index contributed by atoms with van der Waals surface area (Å²) >= 11 is 0. The van der Waals surface area contributed by atoms with Crippen LogP contribution >= 0.6 is 0 Å². The molecule has 4 nitrogen and oxygen atoms in total. The van der Waals surface area contributed by atoms with Crippen LogP contribution in [0.1, 0.15) is 0 Å². The van der Waals surface area contributed by atoms with Crippen molar-refractivity contribution < 1.29 is 0 Å². The highest BCUT2D eigenvalue weighted by Crippen LogP contribution is 2.13. The molecule has 0 aliphatic rings. The molecule has 1 aromatic carbocycles. The minimum atomic E-state index is 0.892. The van der Waals surface area contributed by atoms with Crippen molar-refractivity contribution in [1.29, 1.82) is 0 Å². The molecule has 0 saturated carbocycles. The summed E-state index contributed by atoms with van der Waals surface area (Å²) < 4.78 is 1.79. The average molecular weight is 208 g/mol. The van der Waals surface area contributed by atoms with Crippen LogP contribution in [0.2, 0.25) is 0 Å². The largest absolute Gasteiger partial charge is 0.270 e. The first kappa shape index (κ1) is 9.09. The zero-order valence-corrected chi connectivity index (χ0v) is 8.83. The maximum atomic E-state index is 4.25. The third kappa shape index (κ3) is 1.37. The van der Waals surface area contributed by atoms with E-state index < -0.39 is 0 Å². The van der Waals surface area contributed by atoms with Gasteiger partial charge in [0, 0.05) is 0 Å². The Kier molecular flexibility index (Phi) is 1.96. The van der Waals surface area contributed by atoms with Crippen LogP contribution in [0.4, 0.5) is 0 Å². The van der Waals surface area contributed by atoms with E-state index in [9.17, 15) is 0 Å². The average Bonchev–Trinajstić information content (AvgIpc) is 2.74. The van der Waals surface area contributed by atoms with E-state index in [0.29, 0.717) is 0 Å². The maximum absolute atomic E-state index is 4.25. The van der Waals surface area contributed by atoms with Gasteiger partial charge in [0.1, 0.15) is 5.52 Å². The molecule has 0 atom stereocenters. The number of aromatic nitrogens is 4. The van der Waals surface area contributed by atoms with Gasteiger partial charge >= 0.3 is 0 Å². The van der Waals surface area contributed by atoms with E-state index in [0.717, 1.165) is 22.3 Å². The van der Waals surface area contributed by atoms with Gasteiger partial charge in [0.15, 0.2) is 7.85 Å². The summed E-state index contributed by atoms with van der Waals surface area (Å²) in [7, 11) is 1.96. The van der Waals surface area contributed by atoms with Gasteiger partial charge in [-0.15, -0.1) is 5.10 Å². The first-order chi connectivity index (χ1) is 7.84. The van der Waals surface area contributed by atoms with Gasteiger partial charge in [0.2, 0.25) is 0 Å². The first-order valence-corrected chi connectivity index (χ1v) is 5.08. The van der Waals surface area contributed by atoms with Crippen LogP contribution in [0, 0.1) is 0 Å². The van der Waals surface area contributed by atoms with Crippen molar-refractivity contribution in [2.45, 2.75) is 0 Å². The molecule has 76 valence electrons. The Morgan fingerprint density at radius 2 is 1.94 bits per heavy atom. The fourth-order valence-corrected chi connectivity index (χ4v) is 1.64. The minimum absolute atomic E-state index is 0.892. The molecule has 0 N–H and O–H groups in total. The lowest BCUT2D eigenvalue weighted by molar-refractivity contribution is 0.821. The van der Waals surface area contributed by atoms with E-state index in [2.05, 4.69) is 15.3 Å². The van der Waals surface area contributed by atoms with Gasteiger partial charge in [-0.2, -0.15) is 0 Å². The third-order valence-electron chi connectivity index (χ3n) is 2.49. The van der Waals surface area contributed by atoms with Crippen LogP contribution in [0.15, 0.2) is 42.6 Å². The minimum Gasteiger partial charge on any atom is -0.270 e. The normalized spacial score (nSPS) is 10.8. The molecule has 0 amide bonds. The lowest BCUT2D eigenvalue weighted by Gasteiger charge is -2.01. The predicted octanol–water partition coefficient (Wildman–Crippen LogP) is 0.0739. The van der Waals surface area contributed by atoms with E-state index in [-0.39, 0.29) is 0 Å². The molecule has 0 bridgehead atoms. The van der Waals surface area contributed by atoms with Gasteiger partial charge < -0.3 is 0 Å². The quantitative estimate of drug-likeness (QED) is 0.531. The molecular weight excluding hydrogens is 199 g/mol. The predicted molar refractivity (Wildman–Crippen MR) is 64.8 cm³/mol. The summed E-state index contributed by atoms with van der Waals surface area (Å²) in [6.07, 6.45) is 1.80. The number of rotatable bonds is 1. The number of fused-ring (bicyclic) bond motifs is 1. The fraction of sp³-hybridized carbons (Fsp3) is 0. The second kappa shape index (κ2) is 3.45. The number of hydrogen-bond donors (Lipinski definition) is 0. The molecular formula is C11H9BN4. The van der Waals surface area contributed by atoms with Crippen molar-refractivity contribution in [3.05, 3.63) is 42.6 Å². The van der Waals surface area contributed by atoms with Gasteiger partial charge in [0.25, 0.3) is 0 Å². The summed E-state index contributed by atoms with van der Waals surface area (Å²) in [6.45, 7) is 0. The Balaban J connectivity index is 2.22. The molecule has 0 spiro atoms. The molecule has 0 aliphatic heterocycles. The second-order valence-electron chi connectivity index (χ2n) is 3.65. The Bertz CT molecular complexity index is 630. The van der Waals surface area contributed by atoms with Crippen LogP contribution in [0.5, 0.6) is 0 Å². The SMILES string of the molecule is Bc1ccc(-n2nnc3ccccc32)cn1. The molecule has 2 heterocycles. The molecule has 3 rings (SSSR count). The van der Waals surface area contributed by atoms with Crippen molar-refractivity contribution in [2.24, 2.45) is 0 Å². The number of hydrogen-bond acceptors (Lipinski definition) is 3. The Labute approximate surface area is 93.3 Å². The molecule has 0 aliphatic carbocycles. The highest BCUT2D eigenvalue weighted by Gasteiger charge is 2.04. The van der Waals surface area contributed by atoms with E-state index >= 15 is 0 Å². The molecule has 0 fully saturated rings. The van der Waals surface area contributed by atoms with Crippen LogP contribution in [0.25, 0.3) is 16.7 Å². The maximum Gasteiger partial charge on any atom is 0.163 e. The smallest absolute Gasteiger partial charge is 0.163 e. The Morgan fingerprint density at radius 3 is 2.75 bits per heavy atom. The van der Waals surface area contributed by atoms with Crippen molar-refractivity contribution in [2.75, 3.05) is 0 Å². The number of pyridine rings is 1. The second-order valence-corrected chi connectivity index (χ2v) is 3.65. The van der Waals surface area contributed by atoms with Crippen LogP contribution in [0.3, 0.4) is 0 Å².